The smallest absolute Gasteiger partial charge is 0.410 e. The Morgan fingerprint density at radius 1 is 1.29 bits per heavy atom. The van der Waals surface area contributed by atoms with E-state index in [0.717, 1.165) is 19.6 Å². The first kappa shape index (κ1) is 14.3. The van der Waals surface area contributed by atoms with Gasteiger partial charge in [0.2, 0.25) is 0 Å². The van der Waals surface area contributed by atoms with Gasteiger partial charge < -0.3 is 15.0 Å². The number of hydrogen-bond donors (Lipinski definition) is 1. The molecule has 17 heavy (non-hydrogen) atoms. The number of nitrogens with zero attached hydrogens (tertiary/aromatic N) is 2. The van der Waals surface area contributed by atoms with Gasteiger partial charge in [0.1, 0.15) is 5.60 Å². The van der Waals surface area contributed by atoms with Gasteiger partial charge in [-0.2, -0.15) is 0 Å². The highest BCUT2D eigenvalue weighted by Gasteiger charge is 2.23. The van der Waals surface area contributed by atoms with Gasteiger partial charge in [-0.05, 0) is 27.8 Å². The van der Waals surface area contributed by atoms with Gasteiger partial charge in [0, 0.05) is 39.3 Å². The largest absolute Gasteiger partial charge is 0.444 e. The number of hydrogen-bond acceptors (Lipinski definition) is 4. The number of ether oxygens (including phenoxy) is 1. The average molecular weight is 243 g/mol. The Morgan fingerprint density at radius 3 is 2.29 bits per heavy atom. The van der Waals surface area contributed by atoms with Gasteiger partial charge in [0.25, 0.3) is 0 Å². The monoisotopic (exact) mass is 243 g/mol. The summed E-state index contributed by atoms with van der Waals surface area (Å²) in [6.45, 7) is 9.31. The number of likely N-dealkylation sites (N-methyl/N-ethyl adjacent to an activating group) is 2. The molecule has 1 heterocycles. The van der Waals surface area contributed by atoms with Crippen molar-refractivity contribution < 1.29 is 9.53 Å². The molecular weight excluding hydrogens is 218 g/mol. The average Bonchev–Trinajstić information content (AvgIpc) is 2.08. The Balaban J connectivity index is 2.23. The minimum atomic E-state index is -0.421. The van der Waals surface area contributed by atoms with Gasteiger partial charge in [0.15, 0.2) is 0 Å². The summed E-state index contributed by atoms with van der Waals surface area (Å²) in [6, 6.07) is 0.613. The molecule has 0 atom stereocenters. The molecule has 0 unspecified atom stereocenters. The summed E-state index contributed by atoms with van der Waals surface area (Å²) in [7, 11) is 3.87. The lowest BCUT2D eigenvalue weighted by atomic mass is 10.1. The van der Waals surface area contributed by atoms with E-state index in [2.05, 4.69) is 17.3 Å². The molecule has 0 aromatic rings. The zero-order valence-electron chi connectivity index (χ0n) is 11.6. The maximum atomic E-state index is 11.7. The standard InChI is InChI=1S/C12H25N3O2/c1-12(2,3)17-11(16)15(5)7-6-14(4)10-8-13-9-10/h10,13H,6-9H2,1-5H3. The summed E-state index contributed by atoms with van der Waals surface area (Å²) >= 11 is 0. The molecule has 0 saturated carbocycles. The molecule has 0 bridgehead atoms. The first-order valence-electron chi connectivity index (χ1n) is 6.14. The van der Waals surface area contributed by atoms with E-state index in [1.165, 1.54) is 0 Å². The Hall–Kier alpha value is -0.810. The molecule has 1 rings (SSSR count). The number of carbonyl (C=O) groups is 1. The van der Waals surface area contributed by atoms with E-state index in [0.29, 0.717) is 12.6 Å². The predicted molar refractivity (Wildman–Crippen MR) is 68.2 cm³/mol. The maximum absolute atomic E-state index is 11.7. The third kappa shape index (κ3) is 4.91. The minimum Gasteiger partial charge on any atom is -0.444 e. The van der Waals surface area contributed by atoms with E-state index in [4.69, 9.17) is 4.74 Å². The van der Waals surface area contributed by atoms with E-state index in [1.54, 1.807) is 11.9 Å². The first-order chi connectivity index (χ1) is 7.79. The summed E-state index contributed by atoms with van der Waals surface area (Å²) < 4.78 is 5.29. The molecule has 100 valence electrons. The summed E-state index contributed by atoms with van der Waals surface area (Å²) in [6.07, 6.45) is -0.252. The molecule has 5 nitrogen and oxygen atoms in total. The first-order valence-corrected chi connectivity index (χ1v) is 6.14. The van der Waals surface area contributed by atoms with Crippen molar-refractivity contribution in [3.05, 3.63) is 0 Å². The highest BCUT2D eigenvalue weighted by molar-refractivity contribution is 5.67. The van der Waals surface area contributed by atoms with Gasteiger partial charge in [0.05, 0.1) is 0 Å². The van der Waals surface area contributed by atoms with Crippen LogP contribution in [-0.4, -0.2) is 67.8 Å². The number of rotatable bonds is 4. The second-order valence-corrected chi connectivity index (χ2v) is 5.69. The van der Waals surface area contributed by atoms with Crippen molar-refractivity contribution >= 4 is 6.09 Å². The van der Waals surface area contributed by atoms with E-state index < -0.39 is 5.60 Å². The van der Waals surface area contributed by atoms with Gasteiger partial charge in [-0.1, -0.05) is 0 Å². The lowest BCUT2D eigenvalue weighted by Crippen LogP contribution is -2.57. The zero-order chi connectivity index (χ0) is 13.1. The van der Waals surface area contributed by atoms with E-state index in [1.807, 2.05) is 20.8 Å². The number of nitrogens with one attached hydrogen (secondary N) is 1. The summed E-state index contributed by atoms with van der Waals surface area (Å²) in [4.78, 5) is 15.6. The van der Waals surface area contributed by atoms with Crippen molar-refractivity contribution in [2.75, 3.05) is 40.3 Å². The fraction of sp³-hybridized carbons (Fsp3) is 0.917. The molecule has 1 N–H and O–H groups in total. The van der Waals surface area contributed by atoms with Crippen LogP contribution < -0.4 is 5.32 Å². The lowest BCUT2D eigenvalue weighted by molar-refractivity contribution is 0.0275. The fourth-order valence-corrected chi connectivity index (χ4v) is 1.51. The van der Waals surface area contributed by atoms with Gasteiger partial charge in [-0.3, -0.25) is 4.90 Å². The van der Waals surface area contributed by atoms with Crippen LogP contribution in [-0.2, 0) is 4.74 Å². The zero-order valence-corrected chi connectivity index (χ0v) is 11.6. The predicted octanol–water partition coefficient (Wildman–Crippen LogP) is 0.757. The molecule has 1 amide bonds. The van der Waals surface area contributed by atoms with E-state index in [-0.39, 0.29) is 6.09 Å². The fourth-order valence-electron chi connectivity index (χ4n) is 1.51. The molecule has 1 fully saturated rings. The quantitative estimate of drug-likeness (QED) is 0.791. The number of amides is 1. The second kappa shape index (κ2) is 5.69. The van der Waals surface area contributed by atoms with Gasteiger partial charge in [-0.25, -0.2) is 4.79 Å². The van der Waals surface area contributed by atoms with Crippen LogP contribution >= 0.6 is 0 Å². The topological polar surface area (TPSA) is 44.8 Å². The van der Waals surface area contributed by atoms with Crippen LogP contribution in [0.3, 0.4) is 0 Å². The summed E-state index contributed by atoms with van der Waals surface area (Å²) in [5.74, 6) is 0. The van der Waals surface area contributed by atoms with Crippen molar-refractivity contribution in [2.45, 2.75) is 32.4 Å². The van der Waals surface area contributed by atoms with Crippen LogP contribution in [0.25, 0.3) is 0 Å². The molecule has 0 radical (unpaired) electrons. The van der Waals surface area contributed by atoms with Crippen molar-refractivity contribution in [2.24, 2.45) is 0 Å². The van der Waals surface area contributed by atoms with Crippen molar-refractivity contribution in [3.63, 3.8) is 0 Å². The molecule has 0 aromatic heterocycles. The Kier molecular flexibility index (Phi) is 4.77. The molecule has 0 aromatic carbocycles. The molecule has 0 aliphatic carbocycles. The molecule has 1 aliphatic heterocycles. The van der Waals surface area contributed by atoms with Crippen molar-refractivity contribution in [1.29, 1.82) is 0 Å². The van der Waals surface area contributed by atoms with Crippen LogP contribution in [0.4, 0.5) is 4.79 Å². The third-order valence-electron chi connectivity index (χ3n) is 2.88. The highest BCUT2D eigenvalue weighted by atomic mass is 16.6. The molecule has 1 aliphatic rings. The lowest BCUT2D eigenvalue weighted by Gasteiger charge is -2.36. The summed E-state index contributed by atoms with van der Waals surface area (Å²) in [5, 5.41) is 3.24. The van der Waals surface area contributed by atoms with Crippen LogP contribution in [0.5, 0.6) is 0 Å². The van der Waals surface area contributed by atoms with Gasteiger partial charge >= 0.3 is 6.09 Å². The van der Waals surface area contributed by atoms with Crippen molar-refractivity contribution in [3.8, 4) is 0 Å². The number of carbonyl (C=O) groups excluding carboxylic acids is 1. The minimum absolute atomic E-state index is 0.252. The SMILES string of the molecule is CN(CCN(C)C1CNC1)C(=O)OC(C)(C)C. The molecule has 5 heteroatoms. The molecular formula is C12H25N3O2. The molecule has 0 spiro atoms. The third-order valence-corrected chi connectivity index (χ3v) is 2.88. The Morgan fingerprint density at radius 2 is 1.88 bits per heavy atom. The normalized spacial score (nSPS) is 16.8. The Labute approximate surface area is 104 Å². The van der Waals surface area contributed by atoms with Crippen molar-refractivity contribution in [1.82, 2.24) is 15.1 Å². The summed E-state index contributed by atoms with van der Waals surface area (Å²) in [5.41, 5.74) is -0.421. The van der Waals surface area contributed by atoms with Crippen LogP contribution in [0, 0.1) is 0 Å². The molecule has 1 saturated heterocycles. The van der Waals surface area contributed by atoms with Crippen LogP contribution in [0.15, 0.2) is 0 Å². The Bertz CT molecular complexity index is 259. The van der Waals surface area contributed by atoms with E-state index >= 15 is 0 Å². The van der Waals surface area contributed by atoms with E-state index in [9.17, 15) is 4.79 Å². The highest BCUT2D eigenvalue weighted by Crippen LogP contribution is 2.09. The second-order valence-electron chi connectivity index (χ2n) is 5.69. The van der Waals surface area contributed by atoms with Crippen LogP contribution in [0.1, 0.15) is 20.8 Å². The van der Waals surface area contributed by atoms with Crippen LogP contribution in [0.2, 0.25) is 0 Å². The van der Waals surface area contributed by atoms with Gasteiger partial charge in [-0.15, -0.1) is 0 Å². The maximum Gasteiger partial charge on any atom is 0.410 e.